The summed E-state index contributed by atoms with van der Waals surface area (Å²) in [6, 6.07) is 0. The SMILES string of the molecule is C1=CC2CCCCCCCC2C=N1. The Bertz CT molecular complexity index is 183. The average molecular weight is 177 g/mol. The summed E-state index contributed by atoms with van der Waals surface area (Å²) >= 11 is 0. The van der Waals surface area contributed by atoms with Gasteiger partial charge in [0, 0.05) is 18.3 Å². The van der Waals surface area contributed by atoms with E-state index in [9.17, 15) is 0 Å². The molecule has 2 unspecified atom stereocenters. The van der Waals surface area contributed by atoms with Crippen molar-refractivity contribution in [3.8, 4) is 0 Å². The average Bonchev–Trinajstić information content (AvgIpc) is 2.28. The lowest BCUT2D eigenvalue weighted by Crippen LogP contribution is -2.16. The first-order valence-corrected chi connectivity index (χ1v) is 5.67. The van der Waals surface area contributed by atoms with Crippen LogP contribution in [-0.4, -0.2) is 6.21 Å². The van der Waals surface area contributed by atoms with Crippen LogP contribution in [0.2, 0.25) is 0 Å². The number of nitrogens with zero attached hydrogens (tertiary/aromatic N) is 1. The first-order valence-electron chi connectivity index (χ1n) is 5.67. The molecule has 2 atom stereocenters. The molecule has 0 bridgehead atoms. The van der Waals surface area contributed by atoms with Crippen molar-refractivity contribution in [3.63, 3.8) is 0 Å². The second-order valence-electron chi connectivity index (χ2n) is 4.31. The maximum atomic E-state index is 4.26. The van der Waals surface area contributed by atoms with E-state index in [1.807, 2.05) is 6.20 Å². The molecule has 1 heterocycles. The van der Waals surface area contributed by atoms with Crippen LogP contribution in [0.5, 0.6) is 0 Å². The van der Waals surface area contributed by atoms with Crippen LogP contribution in [-0.2, 0) is 0 Å². The molecule has 1 aliphatic carbocycles. The van der Waals surface area contributed by atoms with Gasteiger partial charge in [0.2, 0.25) is 0 Å². The predicted octanol–water partition coefficient (Wildman–Crippen LogP) is 3.56. The zero-order valence-corrected chi connectivity index (χ0v) is 8.28. The van der Waals surface area contributed by atoms with Crippen molar-refractivity contribution in [3.05, 3.63) is 12.3 Å². The molecule has 2 aliphatic rings. The Kier molecular flexibility index (Phi) is 3.17. The molecule has 0 saturated heterocycles. The molecule has 0 aromatic rings. The molecular weight excluding hydrogens is 158 g/mol. The van der Waals surface area contributed by atoms with Crippen molar-refractivity contribution >= 4 is 6.21 Å². The van der Waals surface area contributed by atoms with E-state index in [1.165, 1.54) is 44.9 Å². The Morgan fingerprint density at radius 3 is 2.38 bits per heavy atom. The highest BCUT2D eigenvalue weighted by Crippen LogP contribution is 2.28. The second-order valence-corrected chi connectivity index (χ2v) is 4.31. The summed E-state index contributed by atoms with van der Waals surface area (Å²) in [6.45, 7) is 0. The summed E-state index contributed by atoms with van der Waals surface area (Å²) in [5, 5.41) is 0. The fraction of sp³-hybridized carbons (Fsp3) is 0.750. The van der Waals surface area contributed by atoms with Crippen molar-refractivity contribution in [2.75, 3.05) is 0 Å². The number of fused-ring (bicyclic) bond motifs is 1. The highest BCUT2D eigenvalue weighted by atomic mass is 14.7. The Morgan fingerprint density at radius 2 is 1.54 bits per heavy atom. The fourth-order valence-corrected chi connectivity index (χ4v) is 2.46. The third-order valence-electron chi connectivity index (χ3n) is 3.32. The van der Waals surface area contributed by atoms with E-state index < -0.39 is 0 Å². The fourth-order valence-electron chi connectivity index (χ4n) is 2.46. The van der Waals surface area contributed by atoms with Gasteiger partial charge in [-0.3, -0.25) is 4.99 Å². The summed E-state index contributed by atoms with van der Waals surface area (Å²) in [4.78, 5) is 4.26. The van der Waals surface area contributed by atoms with Crippen LogP contribution in [0.4, 0.5) is 0 Å². The van der Waals surface area contributed by atoms with Crippen LogP contribution in [0.15, 0.2) is 17.3 Å². The third-order valence-corrected chi connectivity index (χ3v) is 3.32. The Hall–Kier alpha value is -0.590. The largest absolute Gasteiger partial charge is 0.269 e. The molecule has 0 radical (unpaired) electrons. The maximum Gasteiger partial charge on any atom is 0.0227 e. The molecule has 0 aromatic heterocycles. The minimum atomic E-state index is 0.753. The Morgan fingerprint density at radius 1 is 0.846 bits per heavy atom. The van der Waals surface area contributed by atoms with E-state index in [0.29, 0.717) is 0 Å². The molecule has 1 saturated carbocycles. The second kappa shape index (κ2) is 4.59. The number of hydrogen-bond acceptors (Lipinski definition) is 1. The molecule has 1 nitrogen and oxygen atoms in total. The first-order chi connectivity index (χ1) is 6.47. The monoisotopic (exact) mass is 177 g/mol. The van der Waals surface area contributed by atoms with Gasteiger partial charge in [-0.2, -0.15) is 0 Å². The molecular formula is C12H19N. The van der Waals surface area contributed by atoms with Crippen LogP contribution >= 0.6 is 0 Å². The summed E-state index contributed by atoms with van der Waals surface area (Å²) in [5.41, 5.74) is 0. The van der Waals surface area contributed by atoms with Crippen LogP contribution in [0.1, 0.15) is 44.9 Å². The van der Waals surface area contributed by atoms with Gasteiger partial charge in [-0.1, -0.05) is 38.2 Å². The molecule has 0 N–H and O–H groups in total. The smallest absolute Gasteiger partial charge is 0.0227 e. The van der Waals surface area contributed by atoms with Gasteiger partial charge in [-0.05, 0) is 18.8 Å². The Balaban J connectivity index is 1.97. The van der Waals surface area contributed by atoms with Crippen LogP contribution in [0, 0.1) is 11.8 Å². The lowest BCUT2D eigenvalue weighted by atomic mass is 9.85. The highest BCUT2D eigenvalue weighted by molar-refractivity contribution is 5.63. The topological polar surface area (TPSA) is 12.4 Å². The minimum absolute atomic E-state index is 0.753. The van der Waals surface area contributed by atoms with E-state index in [-0.39, 0.29) is 0 Å². The van der Waals surface area contributed by atoms with E-state index in [1.54, 1.807) is 0 Å². The van der Waals surface area contributed by atoms with Crippen LogP contribution < -0.4 is 0 Å². The van der Waals surface area contributed by atoms with Gasteiger partial charge in [-0.15, -0.1) is 0 Å². The third kappa shape index (κ3) is 2.43. The van der Waals surface area contributed by atoms with Crippen LogP contribution in [0.25, 0.3) is 0 Å². The van der Waals surface area contributed by atoms with Gasteiger partial charge in [0.15, 0.2) is 0 Å². The summed E-state index contributed by atoms with van der Waals surface area (Å²) in [7, 11) is 0. The standard InChI is InChI=1S/C12H19N/c1-2-4-6-11-8-9-13-10-12(11)7-5-3-1/h8-12H,1-7H2. The van der Waals surface area contributed by atoms with Crippen LogP contribution in [0.3, 0.4) is 0 Å². The molecule has 0 aromatic carbocycles. The molecule has 0 amide bonds. The first kappa shape index (κ1) is 8.98. The molecule has 72 valence electrons. The molecule has 2 rings (SSSR count). The molecule has 0 spiro atoms. The number of aliphatic imine (C=N–C) groups is 1. The predicted molar refractivity (Wildman–Crippen MR) is 56.9 cm³/mol. The number of hydrogen-bond donors (Lipinski definition) is 0. The zero-order valence-electron chi connectivity index (χ0n) is 8.28. The molecule has 1 aliphatic heterocycles. The van der Waals surface area contributed by atoms with Gasteiger partial charge < -0.3 is 0 Å². The van der Waals surface area contributed by atoms with Gasteiger partial charge in [0.05, 0.1) is 0 Å². The molecule has 13 heavy (non-hydrogen) atoms. The quantitative estimate of drug-likeness (QED) is 0.536. The van der Waals surface area contributed by atoms with Gasteiger partial charge in [-0.25, -0.2) is 0 Å². The van der Waals surface area contributed by atoms with Gasteiger partial charge in [0.25, 0.3) is 0 Å². The number of allylic oxidation sites excluding steroid dienone is 1. The van der Waals surface area contributed by atoms with Crippen molar-refractivity contribution in [2.45, 2.75) is 44.9 Å². The van der Waals surface area contributed by atoms with Crippen molar-refractivity contribution < 1.29 is 0 Å². The molecule has 1 fully saturated rings. The minimum Gasteiger partial charge on any atom is -0.269 e. The lowest BCUT2D eigenvalue weighted by molar-refractivity contribution is 0.437. The zero-order chi connectivity index (χ0) is 8.93. The maximum absolute atomic E-state index is 4.26. The normalized spacial score (nSPS) is 34.5. The molecule has 1 heteroatoms. The summed E-state index contributed by atoms with van der Waals surface area (Å²) in [6.07, 6.45) is 16.4. The van der Waals surface area contributed by atoms with Gasteiger partial charge in [0.1, 0.15) is 0 Å². The highest BCUT2D eigenvalue weighted by Gasteiger charge is 2.19. The van der Waals surface area contributed by atoms with E-state index in [4.69, 9.17) is 0 Å². The van der Waals surface area contributed by atoms with Crippen molar-refractivity contribution in [1.29, 1.82) is 0 Å². The Labute approximate surface area is 80.9 Å². The number of rotatable bonds is 0. The summed E-state index contributed by atoms with van der Waals surface area (Å²) in [5.74, 6) is 1.55. The van der Waals surface area contributed by atoms with Crippen molar-refractivity contribution in [2.24, 2.45) is 16.8 Å². The summed E-state index contributed by atoms with van der Waals surface area (Å²) < 4.78 is 0. The van der Waals surface area contributed by atoms with Crippen molar-refractivity contribution in [1.82, 2.24) is 0 Å². The van der Waals surface area contributed by atoms with E-state index >= 15 is 0 Å². The van der Waals surface area contributed by atoms with E-state index in [2.05, 4.69) is 17.3 Å². The van der Waals surface area contributed by atoms with E-state index in [0.717, 1.165) is 11.8 Å². The van der Waals surface area contributed by atoms with Gasteiger partial charge >= 0.3 is 0 Å². The lowest BCUT2D eigenvalue weighted by Gasteiger charge is -2.22.